The normalized spacial score (nSPS) is 13.5. The van der Waals surface area contributed by atoms with Crippen LogP contribution in [0.1, 0.15) is 32.1 Å². The van der Waals surface area contributed by atoms with Crippen LogP contribution in [0, 0.1) is 24.0 Å². The Morgan fingerprint density at radius 3 is 2.36 bits per heavy atom. The van der Waals surface area contributed by atoms with Crippen LogP contribution in [-0.4, -0.2) is 10.1 Å². The lowest BCUT2D eigenvalue weighted by atomic mass is 10.1. The monoisotopic (exact) mass is 462 g/mol. The summed E-state index contributed by atoms with van der Waals surface area (Å²) in [5.41, 5.74) is 2.00. The zero-order valence-corrected chi connectivity index (χ0v) is 20.3. The van der Waals surface area contributed by atoms with E-state index in [9.17, 15) is 10.1 Å². The average Bonchev–Trinajstić information content (AvgIpc) is 3.20. The van der Waals surface area contributed by atoms with Crippen LogP contribution >= 0.6 is 7.28 Å². The Balaban J connectivity index is 2.05. The molecule has 33 heavy (non-hydrogen) atoms. The van der Waals surface area contributed by atoms with Crippen LogP contribution in [0.15, 0.2) is 82.0 Å². The van der Waals surface area contributed by atoms with E-state index in [1.165, 1.54) is 12.1 Å². The highest BCUT2D eigenvalue weighted by Gasteiger charge is 2.42. The van der Waals surface area contributed by atoms with Crippen LogP contribution in [0.5, 0.6) is 5.75 Å². The van der Waals surface area contributed by atoms with Crippen molar-refractivity contribution in [3.05, 3.63) is 94.2 Å². The molecule has 0 amide bonds. The summed E-state index contributed by atoms with van der Waals surface area (Å²) in [6, 6.07) is 22.5. The van der Waals surface area contributed by atoms with Crippen molar-refractivity contribution < 1.29 is 13.9 Å². The van der Waals surface area contributed by atoms with Crippen molar-refractivity contribution in [2.75, 3.05) is 0 Å². The van der Waals surface area contributed by atoms with Gasteiger partial charge in [-0.05, 0) is 43.0 Å². The van der Waals surface area contributed by atoms with Crippen LogP contribution in [0.4, 0.5) is 11.4 Å². The molecule has 4 rings (SSSR count). The van der Waals surface area contributed by atoms with E-state index in [1.54, 1.807) is 6.07 Å². The van der Waals surface area contributed by atoms with Crippen LogP contribution in [-0.2, 0) is 0 Å². The first kappa shape index (κ1) is 22.8. The fourth-order valence-electron chi connectivity index (χ4n) is 3.71. The van der Waals surface area contributed by atoms with Crippen LogP contribution in [0.2, 0.25) is 0 Å². The van der Waals surface area contributed by atoms with E-state index in [1.807, 2.05) is 68.4 Å². The Labute approximate surface area is 193 Å². The van der Waals surface area contributed by atoms with Crippen molar-refractivity contribution >= 4 is 34.9 Å². The second-order valence-electron chi connectivity index (χ2n) is 9.03. The second kappa shape index (κ2) is 8.53. The van der Waals surface area contributed by atoms with E-state index >= 15 is 0 Å². The predicted octanol–water partition coefficient (Wildman–Crippen LogP) is 7.91. The lowest BCUT2D eigenvalue weighted by Gasteiger charge is -2.35. The molecule has 1 aromatic heterocycles. The molecule has 0 spiro atoms. The molecule has 0 bridgehead atoms. The van der Waals surface area contributed by atoms with Gasteiger partial charge < -0.3 is 8.94 Å². The number of nitrogens with zero attached hydrogens (tertiary/aromatic N) is 2. The first-order valence-corrected chi connectivity index (χ1v) is 12.4. The van der Waals surface area contributed by atoms with Gasteiger partial charge in [-0.25, -0.2) is 4.74 Å². The van der Waals surface area contributed by atoms with Crippen LogP contribution in [0.25, 0.3) is 10.8 Å². The van der Waals surface area contributed by atoms with Crippen LogP contribution < -0.4 is 10.0 Å². The second-order valence-corrected chi connectivity index (χ2v) is 12.3. The summed E-state index contributed by atoms with van der Waals surface area (Å²) in [7, 11) is -2.90. The highest BCUT2D eigenvalue weighted by molar-refractivity contribution is 7.70. The lowest BCUT2D eigenvalue weighted by molar-refractivity contribution is -0.384. The molecule has 3 aromatic carbocycles. The molecule has 0 aliphatic rings. The molecule has 1 atom stereocenters. The zero-order chi connectivity index (χ0) is 23.8. The van der Waals surface area contributed by atoms with Gasteiger partial charge in [-0.2, -0.15) is 0 Å². The van der Waals surface area contributed by atoms with Gasteiger partial charge in [0, 0.05) is 22.7 Å². The van der Waals surface area contributed by atoms with E-state index in [0.717, 1.165) is 22.1 Å². The number of hydrogen-bond donors (Lipinski definition) is 0. The third-order valence-electron chi connectivity index (χ3n) is 5.57. The van der Waals surface area contributed by atoms with Gasteiger partial charge in [0.1, 0.15) is 11.5 Å². The van der Waals surface area contributed by atoms with Gasteiger partial charge >= 0.3 is 0 Å². The van der Waals surface area contributed by atoms with Crippen molar-refractivity contribution in [1.82, 2.24) is 0 Å². The molecule has 0 saturated carbocycles. The number of hydrogen-bond acceptors (Lipinski definition) is 5. The minimum Gasteiger partial charge on any atom is -0.457 e. The van der Waals surface area contributed by atoms with Gasteiger partial charge in [0.2, 0.25) is 7.28 Å². The number of rotatable bonds is 5. The quantitative estimate of drug-likeness (QED) is 0.171. The topological polar surface area (TPSA) is 77.9 Å². The molecule has 170 valence electrons. The molecule has 1 unspecified atom stereocenters. The first-order valence-electron chi connectivity index (χ1n) is 10.7. The highest BCUT2D eigenvalue weighted by Crippen LogP contribution is 2.63. The summed E-state index contributed by atoms with van der Waals surface area (Å²) in [4.78, 5) is 11.1. The summed E-state index contributed by atoms with van der Waals surface area (Å²) >= 11 is 0. The number of non-ortho nitro benzene ring substituents is 1. The summed E-state index contributed by atoms with van der Waals surface area (Å²) in [6.07, 6.45) is 0. The van der Waals surface area contributed by atoms with Crippen LogP contribution in [0.3, 0.4) is 0 Å². The SMILES string of the molecule is Cc1ccc(P(=Nc2cc([N+](=O)[O-])ccc2C)(Oc2cccc3ccccc23)C(C)(C)C)o1. The number of benzene rings is 3. The zero-order valence-electron chi connectivity index (χ0n) is 19.4. The first-order chi connectivity index (χ1) is 15.6. The number of aryl methyl sites for hydroxylation is 2. The lowest BCUT2D eigenvalue weighted by Crippen LogP contribution is -2.26. The molecule has 0 aliphatic carbocycles. The Morgan fingerprint density at radius 2 is 1.70 bits per heavy atom. The highest BCUT2D eigenvalue weighted by atomic mass is 31.2. The number of nitro groups is 1. The maximum atomic E-state index is 11.5. The van der Waals surface area contributed by atoms with E-state index in [4.69, 9.17) is 13.7 Å². The molecule has 1 heterocycles. The minimum atomic E-state index is -2.90. The van der Waals surface area contributed by atoms with Crippen molar-refractivity contribution in [3.8, 4) is 5.75 Å². The third-order valence-corrected chi connectivity index (χ3v) is 9.18. The summed E-state index contributed by atoms with van der Waals surface area (Å²) in [6.45, 7) is 9.99. The molecule has 0 N–H and O–H groups in total. The van der Waals surface area contributed by atoms with Gasteiger partial charge in [0.25, 0.3) is 5.69 Å². The Morgan fingerprint density at radius 1 is 0.970 bits per heavy atom. The number of fused-ring (bicyclic) bond motifs is 1. The van der Waals surface area contributed by atoms with Gasteiger partial charge in [0.15, 0.2) is 5.50 Å². The maximum absolute atomic E-state index is 11.5. The van der Waals surface area contributed by atoms with Gasteiger partial charge in [-0.15, -0.1) is 0 Å². The molecule has 0 aliphatic heterocycles. The molecule has 7 heteroatoms. The molecular formula is C26H27N2O4P. The van der Waals surface area contributed by atoms with Gasteiger partial charge in [-0.1, -0.05) is 63.2 Å². The van der Waals surface area contributed by atoms with Crippen molar-refractivity contribution in [2.45, 2.75) is 39.8 Å². The molecule has 0 saturated heterocycles. The third kappa shape index (κ3) is 4.31. The average molecular weight is 462 g/mol. The molecule has 6 nitrogen and oxygen atoms in total. The van der Waals surface area contributed by atoms with E-state index in [-0.39, 0.29) is 5.69 Å². The largest absolute Gasteiger partial charge is 0.457 e. The Hall–Kier alpha value is -3.37. The van der Waals surface area contributed by atoms with E-state index in [2.05, 4.69) is 20.8 Å². The summed E-state index contributed by atoms with van der Waals surface area (Å²) < 4.78 is 18.2. The van der Waals surface area contributed by atoms with E-state index in [0.29, 0.717) is 16.9 Å². The summed E-state index contributed by atoms with van der Waals surface area (Å²) in [5, 5.41) is 13.0. The molecule has 4 aromatic rings. The van der Waals surface area contributed by atoms with Crippen molar-refractivity contribution in [1.29, 1.82) is 0 Å². The predicted molar refractivity (Wildman–Crippen MR) is 134 cm³/mol. The molecular weight excluding hydrogens is 435 g/mol. The number of nitro benzene ring substituents is 1. The standard InChI is InChI=1S/C26H27N2O4P/c1-18-13-15-21(28(29)30)17-23(18)27-33(26(3,4)5,25-16-14-19(2)31-25)32-24-12-8-10-20-9-6-7-11-22(20)24/h6-17H,1-5H3. The summed E-state index contributed by atoms with van der Waals surface area (Å²) in [5.74, 6) is 1.46. The van der Waals surface area contributed by atoms with Gasteiger partial charge in [0.05, 0.1) is 10.6 Å². The Bertz CT molecular complexity index is 1390. The molecule has 0 radical (unpaired) electrons. The smallest absolute Gasteiger partial charge is 0.271 e. The van der Waals surface area contributed by atoms with Crippen molar-refractivity contribution in [2.24, 2.45) is 4.74 Å². The Kier molecular flexibility index (Phi) is 5.89. The fourth-order valence-corrected chi connectivity index (χ4v) is 6.68. The van der Waals surface area contributed by atoms with Crippen molar-refractivity contribution in [3.63, 3.8) is 0 Å². The molecule has 0 fully saturated rings. The maximum Gasteiger partial charge on any atom is 0.271 e. The number of furan rings is 1. The minimum absolute atomic E-state index is 0.00727. The van der Waals surface area contributed by atoms with Gasteiger partial charge in [-0.3, -0.25) is 10.1 Å². The fraction of sp³-hybridized carbons (Fsp3) is 0.231. The van der Waals surface area contributed by atoms with E-state index < -0.39 is 17.4 Å².